The molecule has 0 aliphatic carbocycles. The Morgan fingerprint density at radius 1 is 1.00 bits per heavy atom. The molecule has 0 spiro atoms. The number of hydrogen-bond acceptors (Lipinski definition) is 3. The Morgan fingerprint density at radius 3 is 2.04 bits per heavy atom. The van der Waals surface area contributed by atoms with Crippen LogP contribution >= 0.6 is 0 Å². The molecule has 3 N–H and O–H groups in total. The molecule has 138 valence electrons. The van der Waals surface area contributed by atoms with Crippen molar-refractivity contribution >= 4 is 5.91 Å². The lowest BCUT2D eigenvalue weighted by Crippen LogP contribution is -2.49. The maximum Gasteiger partial charge on any atom is 0.227 e. The Bertz CT molecular complexity index is 642. The van der Waals surface area contributed by atoms with Crippen LogP contribution < -0.4 is 11.1 Å². The smallest absolute Gasteiger partial charge is 0.227 e. The monoisotopic (exact) mass is 352 g/mol. The van der Waals surface area contributed by atoms with Crippen molar-refractivity contribution in [1.29, 1.82) is 0 Å². The molecule has 0 atom stereocenters. The summed E-state index contributed by atoms with van der Waals surface area (Å²) < 4.78 is 5.40. The maximum atomic E-state index is 12.8. The third-order valence-electron chi connectivity index (χ3n) is 5.44. The predicted octanol–water partition coefficient (Wildman–Crippen LogP) is 3.08. The summed E-state index contributed by atoms with van der Waals surface area (Å²) in [4.78, 5) is 12.8. The van der Waals surface area contributed by atoms with E-state index < -0.39 is 5.41 Å². The molecule has 0 radical (unpaired) electrons. The van der Waals surface area contributed by atoms with E-state index in [1.54, 1.807) is 0 Å². The van der Waals surface area contributed by atoms with Crippen molar-refractivity contribution in [3.63, 3.8) is 0 Å². The highest BCUT2D eigenvalue weighted by Gasteiger charge is 2.38. The van der Waals surface area contributed by atoms with Gasteiger partial charge in [0.1, 0.15) is 0 Å². The lowest BCUT2D eigenvalue weighted by Gasteiger charge is -2.34. The molecule has 26 heavy (non-hydrogen) atoms. The summed E-state index contributed by atoms with van der Waals surface area (Å²) in [5.74, 6) is 0.337. The SMILES string of the molecule is NCC1(C(=O)NCCC(c2ccccc2)c2ccccc2)CCOCC1. The summed E-state index contributed by atoms with van der Waals surface area (Å²) in [6.07, 6.45) is 2.27. The maximum absolute atomic E-state index is 12.8. The van der Waals surface area contributed by atoms with Crippen LogP contribution in [0.2, 0.25) is 0 Å². The Morgan fingerprint density at radius 2 is 1.54 bits per heavy atom. The zero-order chi connectivity index (χ0) is 18.2. The van der Waals surface area contributed by atoms with E-state index in [0.29, 0.717) is 39.1 Å². The van der Waals surface area contributed by atoms with E-state index in [1.165, 1.54) is 11.1 Å². The van der Waals surface area contributed by atoms with Gasteiger partial charge < -0.3 is 15.8 Å². The Kier molecular flexibility index (Phi) is 6.42. The number of benzene rings is 2. The fraction of sp³-hybridized carbons (Fsp3) is 0.409. The highest BCUT2D eigenvalue weighted by atomic mass is 16.5. The van der Waals surface area contributed by atoms with Gasteiger partial charge in [-0.15, -0.1) is 0 Å². The second-order valence-electron chi connectivity index (χ2n) is 7.02. The third kappa shape index (κ3) is 4.32. The number of nitrogens with two attached hydrogens (primary N) is 1. The van der Waals surface area contributed by atoms with Crippen molar-refractivity contribution in [2.45, 2.75) is 25.2 Å². The van der Waals surface area contributed by atoms with Crippen molar-refractivity contribution in [2.24, 2.45) is 11.1 Å². The highest BCUT2D eigenvalue weighted by Crippen LogP contribution is 2.30. The Labute approximate surface area is 155 Å². The van der Waals surface area contributed by atoms with Crippen LogP contribution in [0.5, 0.6) is 0 Å². The Balaban J connectivity index is 1.66. The molecular weight excluding hydrogens is 324 g/mol. The second-order valence-corrected chi connectivity index (χ2v) is 7.02. The molecule has 0 bridgehead atoms. The molecule has 1 aliphatic rings. The minimum atomic E-state index is -0.465. The van der Waals surface area contributed by atoms with Crippen molar-refractivity contribution in [3.05, 3.63) is 71.8 Å². The van der Waals surface area contributed by atoms with Gasteiger partial charge in [-0.05, 0) is 30.4 Å². The first-order valence-electron chi connectivity index (χ1n) is 9.41. The van der Waals surface area contributed by atoms with Gasteiger partial charge in [0.15, 0.2) is 0 Å². The van der Waals surface area contributed by atoms with Gasteiger partial charge in [-0.3, -0.25) is 4.79 Å². The van der Waals surface area contributed by atoms with Gasteiger partial charge in [0.05, 0.1) is 5.41 Å². The first-order chi connectivity index (χ1) is 12.7. The third-order valence-corrected chi connectivity index (χ3v) is 5.44. The van der Waals surface area contributed by atoms with Gasteiger partial charge in [0.2, 0.25) is 5.91 Å². The zero-order valence-electron chi connectivity index (χ0n) is 15.2. The number of amides is 1. The summed E-state index contributed by atoms with van der Waals surface area (Å²) >= 11 is 0. The van der Waals surface area contributed by atoms with Gasteiger partial charge in [-0.1, -0.05) is 60.7 Å². The molecule has 3 rings (SSSR count). The average molecular weight is 352 g/mol. The normalized spacial score (nSPS) is 16.4. The van der Waals surface area contributed by atoms with Gasteiger partial charge in [0, 0.05) is 32.2 Å². The molecule has 1 amide bonds. The minimum Gasteiger partial charge on any atom is -0.381 e. The number of rotatable bonds is 7. The van der Waals surface area contributed by atoms with Crippen LogP contribution in [0.15, 0.2) is 60.7 Å². The summed E-state index contributed by atoms with van der Waals surface area (Å²) in [6, 6.07) is 20.9. The van der Waals surface area contributed by atoms with Gasteiger partial charge >= 0.3 is 0 Å². The van der Waals surface area contributed by atoms with E-state index in [-0.39, 0.29) is 11.8 Å². The lowest BCUT2D eigenvalue weighted by molar-refractivity contribution is -0.135. The van der Waals surface area contributed by atoms with Gasteiger partial charge in [-0.2, -0.15) is 0 Å². The molecule has 1 heterocycles. The fourth-order valence-corrected chi connectivity index (χ4v) is 3.70. The number of ether oxygens (including phenoxy) is 1. The number of carbonyl (C=O) groups excluding carboxylic acids is 1. The van der Waals surface area contributed by atoms with Crippen LogP contribution in [0.25, 0.3) is 0 Å². The van der Waals surface area contributed by atoms with Crippen LogP contribution in [-0.2, 0) is 9.53 Å². The first kappa shape index (κ1) is 18.6. The fourth-order valence-electron chi connectivity index (χ4n) is 3.70. The second kappa shape index (κ2) is 8.97. The molecule has 0 saturated carbocycles. The molecule has 2 aromatic carbocycles. The summed E-state index contributed by atoms with van der Waals surface area (Å²) in [6.45, 7) is 2.24. The lowest BCUT2D eigenvalue weighted by atomic mass is 9.79. The van der Waals surface area contributed by atoms with E-state index in [4.69, 9.17) is 10.5 Å². The molecule has 1 aliphatic heterocycles. The summed E-state index contributed by atoms with van der Waals surface area (Å²) in [7, 11) is 0. The van der Waals surface area contributed by atoms with Crippen LogP contribution in [0.3, 0.4) is 0 Å². The predicted molar refractivity (Wildman–Crippen MR) is 104 cm³/mol. The van der Waals surface area contributed by atoms with Crippen LogP contribution in [0, 0.1) is 5.41 Å². The quantitative estimate of drug-likeness (QED) is 0.805. The van der Waals surface area contributed by atoms with Crippen LogP contribution in [-0.4, -0.2) is 32.2 Å². The van der Waals surface area contributed by atoms with Crippen molar-refractivity contribution < 1.29 is 9.53 Å². The number of carbonyl (C=O) groups is 1. The van der Waals surface area contributed by atoms with Crippen LogP contribution in [0.4, 0.5) is 0 Å². The van der Waals surface area contributed by atoms with E-state index in [9.17, 15) is 4.79 Å². The van der Waals surface area contributed by atoms with E-state index in [2.05, 4.69) is 53.8 Å². The van der Waals surface area contributed by atoms with E-state index in [1.807, 2.05) is 12.1 Å². The standard InChI is InChI=1S/C22H28N2O2/c23-17-22(12-15-26-16-13-22)21(25)24-14-11-20(18-7-3-1-4-8-18)19-9-5-2-6-10-19/h1-10,20H,11-17,23H2,(H,24,25). The molecular formula is C22H28N2O2. The van der Waals surface area contributed by atoms with E-state index >= 15 is 0 Å². The van der Waals surface area contributed by atoms with Crippen molar-refractivity contribution in [3.8, 4) is 0 Å². The van der Waals surface area contributed by atoms with Crippen LogP contribution in [0.1, 0.15) is 36.3 Å². The zero-order valence-corrected chi connectivity index (χ0v) is 15.2. The summed E-state index contributed by atoms with van der Waals surface area (Å²) in [5.41, 5.74) is 8.01. The Hall–Kier alpha value is -2.17. The molecule has 2 aromatic rings. The minimum absolute atomic E-state index is 0.0724. The highest BCUT2D eigenvalue weighted by molar-refractivity contribution is 5.83. The molecule has 1 saturated heterocycles. The average Bonchev–Trinajstić information content (AvgIpc) is 2.73. The van der Waals surface area contributed by atoms with E-state index in [0.717, 1.165) is 6.42 Å². The molecule has 0 aromatic heterocycles. The van der Waals surface area contributed by atoms with Gasteiger partial charge in [-0.25, -0.2) is 0 Å². The van der Waals surface area contributed by atoms with Crippen molar-refractivity contribution in [2.75, 3.05) is 26.3 Å². The largest absolute Gasteiger partial charge is 0.381 e. The first-order valence-corrected chi connectivity index (χ1v) is 9.41. The molecule has 4 heteroatoms. The van der Waals surface area contributed by atoms with Gasteiger partial charge in [0.25, 0.3) is 0 Å². The number of nitrogens with one attached hydrogen (secondary N) is 1. The summed E-state index contributed by atoms with van der Waals surface area (Å²) in [5, 5.41) is 3.14. The molecule has 4 nitrogen and oxygen atoms in total. The van der Waals surface area contributed by atoms with Crippen molar-refractivity contribution in [1.82, 2.24) is 5.32 Å². The number of hydrogen-bond donors (Lipinski definition) is 2. The molecule has 0 unspecified atom stereocenters. The molecule has 1 fully saturated rings. The topological polar surface area (TPSA) is 64.4 Å².